The number of hydrogen-bond acceptors (Lipinski definition) is 4. The van der Waals surface area contributed by atoms with Gasteiger partial charge in [-0.15, -0.1) is 10.2 Å². The minimum absolute atomic E-state index is 0.0144. The number of piperidine rings is 1. The van der Waals surface area contributed by atoms with E-state index in [0.29, 0.717) is 24.0 Å². The van der Waals surface area contributed by atoms with Gasteiger partial charge in [0.1, 0.15) is 5.82 Å². The lowest BCUT2D eigenvalue weighted by molar-refractivity contribution is 0.0690. The molecule has 0 bridgehead atoms. The molecule has 5 nitrogen and oxygen atoms in total. The zero-order chi connectivity index (χ0) is 16.9. The topological polar surface area (TPSA) is 58.1 Å². The van der Waals surface area contributed by atoms with Gasteiger partial charge in [-0.05, 0) is 43.4 Å². The van der Waals surface area contributed by atoms with Crippen LogP contribution in [0, 0.1) is 12.8 Å². The van der Waals surface area contributed by atoms with Crippen LogP contribution >= 0.6 is 0 Å². The molecule has 0 atom stereocenters. The Hall–Kier alpha value is -2.43. The molecule has 0 unspecified atom stereocenters. The predicted molar refractivity (Wildman–Crippen MR) is 94.8 cm³/mol. The summed E-state index contributed by atoms with van der Waals surface area (Å²) in [5.74, 6) is 1.37. The fraction of sp³-hybridized carbons (Fsp3) is 0.421. The molecule has 1 aromatic carbocycles. The van der Waals surface area contributed by atoms with E-state index in [1.807, 2.05) is 11.0 Å². The molecule has 1 amide bonds. The zero-order valence-corrected chi connectivity index (χ0v) is 14.3. The van der Waals surface area contributed by atoms with E-state index in [1.165, 1.54) is 11.1 Å². The molecule has 1 aliphatic heterocycles. The quantitative estimate of drug-likeness (QED) is 0.938. The Labute approximate surface area is 143 Å². The first-order valence-corrected chi connectivity index (χ1v) is 8.54. The van der Waals surface area contributed by atoms with Crippen LogP contribution in [-0.4, -0.2) is 34.1 Å². The highest BCUT2D eigenvalue weighted by Crippen LogP contribution is 2.17. The van der Waals surface area contributed by atoms with Gasteiger partial charge in [0.2, 0.25) is 0 Å². The molecule has 1 aromatic heterocycles. The number of carbonyl (C=O) groups is 1. The van der Waals surface area contributed by atoms with Gasteiger partial charge in [0.05, 0.1) is 0 Å². The second kappa shape index (κ2) is 7.43. The van der Waals surface area contributed by atoms with Crippen LogP contribution in [0.3, 0.4) is 0 Å². The van der Waals surface area contributed by atoms with Gasteiger partial charge in [0.25, 0.3) is 5.91 Å². The van der Waals surface area contributed by atoms with Gasteiger partial charge in [0, 0.05) is 19.6 Å². The molecule has 1 fully saturated rings. The highest BCUT2D eigenvalue weighted by atomic mass is 16.2. The summed E-state index contributed by atoms with van der Waals surface area (Å²) >= 11 is 0. The fourth-order valence-electron chi connectivity index (χ4n) is 2.81. The fourth-order valence-corrected chi connectivity index (χ4v) is 2.81. The standard InChI is InChI=1S/C19H24N4O/c1-14-3-5-16(6-4-14)13-20-18-8-7-17(21-22-18)19(24)23-11-9-15(2)10-12-23/h3-8,15H,9-13H2,1-2H3,(H,20,22). The Balaban J connectivity index is 1.56. The van der Waals surface area contributed by atoms with E-state index in [2.05, 4.69) is 53.6 Å². The second-order valence-electron chi connectivity index (χ2n) is 6.62. The summed E-state index contributed by atoms with van der Waals surface area (Å²) in [6.07, 6.45) is 2.13. The third-order valence-corrected chi connectivity index (χ3v) is 4.55. The summed E-state index contributed by atoms with van der Waals surface area (Å²) in [6.45, 7) is 6.62. The maximum atomic E-state index is 12.4. The number of benzene rings is 1. The Morgan fingerprint density at radius 3 is 2.46 bits per heavy atom. The van der Waals surface area contributed by atoms with Crippen molar-refractivity contribution in [3.8, 4) is 0 Å². The maximum absolute atomic E-state index is 12.4. The number of amides is 1. The molecule has 1 N–H and O–H groups in total. The number of nitrogens with zero attached hydrogens (tertiary/aromatic N) is 3. The smallest absolute Gasteiger partial charge is 0.274 e. The zero-order valence-electron chi connectivity index (χ0n) is 14.3. The average Bonchev–Trinajstić information content (AvgIpc) is 2.62. The lowest BCUT2D eigenvalue weighted by Crippen LogP contribution is -2.38. The van der Waals surface area contributed by atoms with Gasteiger partial charge < -0.3 is 10.2 Å². The van der Waals surface area contributed by atoms with Crippen LogP contribution < -0.4 is 5.32 Å². The first-order valence-electron chi connectivity index (χ1n) is 8.54. The van der Waals surface area contributed by atoms with Gasteiger partial charge in [-0.3, -0.25) is 4.79 Å². The van der Waals surface area contributed by atoms with E-state index >= 15 is 0 Å². The van der Waals surface area contributed by atoms with Gasteiger partial charge in [-0.2, -0.15) is 0 Å². The highest BCUT2D eigenvalue weighted by Gasteiger charge is 2.22. The van der Waals surface area contributed by atoms with E-state index in [9.17, 15) is 4.79 Å². The summed E-state index contributed by atoms with van der Waals surface area (Å²) < 4.78 is 0. The van der Waals surface area contributed by atoms with Crippen molar-refractivity contribution in [1.82, 2.24) is 15.1 Å². The minimum Gasteiger partial charge on any atom is -0.365 e. The first kappa shape index (κ1) is 16.4. The lowest BCUT2D eigenvalue weighted by atomic mass is 9.99. The summed E-state index contributed by atoms with van der Waals surface area (Å²) in [5, 5.41) is 11.5. The number of likely N-dealkylation sites (tertiary alicyclic amines) is 1. The Morgan fingerprint density at radius 1 is 1.12 bits per heavy atom. The molecule has 24 heavy (non-hydrogen) atoms. The van der Waals surface area contributed by atoms with E-state index in [-0.39, 0.29) is 5.91 Å². The summed E-state index contributed by atoms with van der Waals surface area (Å²) in [4.78, 5) is 14.3. The van der Waals surface area contributed by atoms with Gasteiger partial charge in [0.15, 0.2) is 5.69 Å². The second-order valence-corrected chi connectivity index (χ2v) is 6.62. The summed E-state index contributed by atoms with van der Waals surface area (Å²) in [6, 6.07) is 11.9. The van der Waals surface area contributed by atoms with Crippen LogP contribution in [0.25, 0.3) is 0 Å². The Kier molecular flexibility index (Phi) is 5.08. The SMILES string of the molecule is Cc1ccc(CNc2ccc(C(=O)N3CCC(C)CC3)nn2)cc1. The maximum Gasteiger partial charge on any atom is 0.274 e. The van der Waals surface area contributed by atoms with Crippen molar-refractivity contribution >= 4 is 11.7 Å². The number of nitrogens with one attached hydrogen (secondary N) is 1. The van der Waals surface area contributed by atoms with E-state index in [1.54, 1.807) is 6.07 Å². The first-order chi connectivity index (χ1) is 11.6. The van der Waals surface area contributed by atoms with Crippen LogP contribution in [0.4, 0.5) is 5.82 Å². The third kappa shape index (κ3) is 4.10. The van der Waals surface area contributed by atoms with Crippen molar-refractivity contribution in [3.63, 3.8) is 0 Å². The molecule has 2 heterocycles. The molecule has 0 aliphatic carbocycles. The van der Waals surface area contributed by atoms with Crippen molar-refractivity contribution in [3.05, 3.63) is 53.2 Å². The van der Waals surface area contributed by atoms with Crippen LogP contribution in [-0.2, 0) is 6.54 Å². The average molecular weight is 324 g/mol. The highest BCUT2D eigenvalue weighted by molar-refractivity contribution is 5.92. The van der Waals surface area contributed by atoms with Crippen molar-refractivity contribution < 1.29 is 4.79 Å². The normalized spacial score (nSPS) is 15.3. The predicted octanol–water partition coefficient (Wildman–Crippen LogP) is 3.27. The largest absolute Gasteiger partial charge is 0.365 e. The molecule has 0 saturated carbocycles. The summed E-state index contributed by atoms with van der Waals surface area (Å²) in [5.41, 5.74) is 2.85. The van der Waals surface area contributed by atoms with Crippen LogP contribution in [0.15, 0.2) is 36.4 Å². The molecule has 0 spiro atoms. The molecule has 5 heteroatoms. The van der Waals surface area contributed by atoms with Gasteiger partial charge in [-0.1, -0.05) is 36.8 Å². The van der Waals surface area contributed by atoms with E-state index in [4.69, 9.17) is 0 Å². The van der Waals surface area contributed by atoms with Crippen LogP contribution in [0.1, 0.15) is 41.4 Å². The number of rotatable bonds is 4. The van der Waals surface area contributed by atoms with Crippen molar-refractivity contribution in [2.24, 2.45) is 5.92 Å². The van der Waals surface area contributed by atoms with Gasteiger partial charge in [-0.25, -0.2) is 0 Å². The number of anilines is 1. The lowest BCUT2D eigenvalue weighted by Gasteiger charge is -2.29. The van der Waals surface area contributed by atoms with E-state index in [0.717, 1.165) is 25.9 Å². The number of hydrogen-bond donors (Lipinski definition) is 1. The molecule has 3 rings (SSSR count). The Bertz CT molecular complexity index is 674. The minimum atomic E-state index is -0.0144. The third-order valence-electron chi connectivity index (χ3n) is 4.55. The van der Waals surface area contributed by atoms with Crippen molar-refractivity contribution in [1.29, 1.82) is 0 Å². The molecular formula is C19H24N4O. The monoisotopic (exact) mass is 324 g/mol. The van der Waals surface area contributed by atoms with Crippen LogP contribution in [0.5, 0.6) is 0 Å². The van der Waals surface area contributed by atoms with Crippen molar-refractivity contribution in [2.45, 2.75) is 33.2 Å². The molecule has 126 valence electrons. The van der Waals surface area contributed by atoms with Gasteiger partial charge >= 0.3 is 0 Å². The summed E-state index contributed by atoms with van der Waals surface area (Å²) in [7, 11) is 0. The van der Waals surface area contributed by atoms with Crippen LogP contribution in [0.2, 0.25) is 0 Å². The number of aryl methyl sites for hydroxylation is 1. The molecule has 0 radical (unpaired) electrons. The van der Waals surface area contributed by atoms with E-state index < -0.39 is 0 Å². The Morgan fingerprint density at radius 2 is 1.83 bits per heavy atom. The molecular weight excluding hydrogens is 300 g/mol. The number of carbonyl (C=O) groups excluding carboxylic acids is 1. The molecule has 1 saturated heterocycles. The molecule has 2 aromatic rings. The number of aromatic nitrogens is 2. The van der Waals surface area contributed by atoms with Crippen molar-refractivity contribution in [2.75, 3.05) is 18.4 Å². The molecule has 1 aliphatic rings.